The average molecular weight is 339 g/mol. The van der Waals surface area contributed by atoms with Crippen molar-refractivity contribution < 1.29 is 14.2 Å². The van der Waals surface area contributed by atoms with Crippen molar-refractivity contribution in [2.45, 2.75) is 19.4 Å². The molecule has 0 bridgehead atoms. The minimum Gasteiger partial charge on any atom is -0.497 e. The second-order valence-corrected chi connectivity index (χ2v) is 5.53. The molecule has 0 saturated heterocycles. The zero-order valence-electron chi connectivity index (χ0n) is 11.4. The Labute approximate surface area is 126 Å². The van der Waals surface area contributed by atoms with Crippen LogP contribution in [0.5, 0.6) is 5.75 Å². The third kappa shape index (κ3) is 3.38. The van der Waals surface area contributed by atoms with Gasteiger partial charge in [-0.3, -0.25) is 0 Å². The highest BCUT2D eigenvalue weighted by Crippen LogP contribution is 2.28. The van der Waals surface area contributed by atoms with Crippen LogP contribution in [0.4, 0.5) is 4.39 Å². The zero-order valence-corrected chi connectivity index (χ0v) is 12.9. The molecule has 2 aromatic rings. The third-order valence-electron chi connectivity index (χ3n) is 3.27. The molecule has 1 unspecified atom stereocenters. The average Bonchev–Trinajstić information content (AvgIpc) is 2.43. The van der Waals surface area contributed by atoms with Crippen LogP contribution < -0.4 is 4.74 Å². The summed E-state index contributed by atoms with van der Waals surface area (Å²) in [5.41, 5.74) is 2.40. The van der Waals surface area contributed by atoms with E-state index in [9.17, 15) is 9.50 Å². The minimum absolute atomic E-state index is 0.339. The lowest BCUT2D eigenvalue weighted by Crippen LogP contribution is -2.05. The molecule has 0 aromatic heterocycles. The molecule has 0 fully saturated rings. The number of benzene rings is 2. The van der Waals surface area contributed by atoms with Gasteiger partial charge in [0.1, 0.15) is 11.6 Å². The van der Waals surface area contributed by atoms with E-state index in [0.717, 1.165) is 21.3 Å². The van der Waals surface area contributed by atoms with Crippen molar-refractivity contribution in [3.05, 3.63) is 63.4 Å². The van der Waals surface area contributed by atoms with Gasteiger partial charge in [-0.2, -0.15) is 0 Å². The summed E-state index contributed by atoms with van der Waals surface area (Å²) in [5, 5.41) is 10.3. The van der Waals surface area contributed by atoms with Crippen molar-refractivity contribution in [2.24, 2.45) is 0 Å². The van der Waals surface area contributed by atoms with Gasteiger partial charge in [0.15, 0.2) is 0 Å². The Morgan fingerprint density at radius 1 is 1.25 bits per heavy atom. The molecule has 106 valence electrons. The largest absolute Gasteiger partial charge is 0.497 e. The molecule has 2 rings (SSSR count). The summed E-state index contributed by atoms with van der Waals surface area (Å²) in [6, 6.07) is 10.0. The number of aryl methyl sites for hydroxylation is 1. The summed E-state index contributed by atoms with van der Waals surface area (Å²) in [6.45, 7) is 1.86. The van der Waals surface area contributed by atoms with Crippen LogP contribution in [0.3, 0.4) is 0 Å². The van der Waals surface area contributed by atoms with Gasteiger partial charge in [-0.25, -0.2) is 4.39 Å². The first-order valence-electron chi connectivity index (χ1n) is 6.28. The molecule has 0 heterocycles. The first-order valence-corrected chi connectivity index (χ1v) is 7.07. The minimum atomic E-state index is -0.755. The van der Waals surface area contributed by atoms with Crippen LogP contribution in [-0.4, -0.2) is 12.2 Å². The predicted octanol–water partition coefficient (Wildman–Crippen LogP) is 4.18. The van der Waals surface area contributed by atoms with Crippen molar-refractivity contribution >= 4 is 15.9 Å². The van der Waals surface area contributed by atoms with E-state index >= 15 is 0 Å². The van der Waals surface area contributed by atoms with Crippen LogP contribution in [0.1, 0.15) is 22.8 Å². The Morgan fingerprint density at radius 2 is 2.00 bits per heavy atom. The van der Waals surface area contributed by atoms with E-state index in [0.29, 0.717) is 12.0 Å². The smallest absolute Gasteiger partial charge is 0.123 e. The van der Waals surface area contributed by atoms with Gasteiger partial charge in [0.2, 0.25) is 0 Å². The van der Waals surface area contributed by atoms with Gasteiger partial charge in [-0.05, 0) is 53.9 Å². The molecule has 1 N–H and O–H groups in total. The van der Waals surface area contributed by atoms with E-state index in [-0.39, 0.29) is 5.82 Å². The molecule has 0 aliphatic rings. The predicted molar refractivity (Wildman–Crippen MR) is 80.5 cm³/mol. The maximum atomic E-state index is 13.3. The number of ether oxygens (including phenoxy) is 1. The van der Waals surface area contributed by atoms with Gasteiger partial charge in [-0.1, -0.05) is 22.0 Å². The van der Waals surface area contributed by atoms with Crippen LogP contribution in [-0.2, 0) is 6.42 Å². The molecule has 0 saturated carbocycles. The van der Waals surface area contributed by atoms with Crippen LogP contribution in [0.2, 0.25) is 0 Å². The number of rotatable bonds is 4. The maximum Gasteiger partial charge on any atom is 0.123 e. The Bertz CT molecular complexity index is 613. The number of hydrogen-bond acceptors (Lipinski definition) is 2. The van der Waals surface area contributed by atoms with Crippen LogP contribution >= 0.6 is 15.9 Å². The fourth-order valence-corrected chi connectivity index (χ4v) is 2.53. The van der Waals surface area contributed by atoms with Crippen molar-refractivity contribution in [2.75, 3.05) is 7.11 Å². The lowest BCUT2D eigenvalue weighted by Gasteiger charge is -2.15. The van der Waals surface area contributed by atoms with E-state index in [1.165, 1.54) is 12.1 Å². The lowest BCUT2D eigenvalue weighted by atomic mass is 9.97. The molecular formula is C16H16BrFO2. The molecule has 20 heavy (non-hydrogen) atoms. The van der Waals surface area contributed by atoms with E-state index in [1.807, 2.05) is 25.1 Å². The standard InChI is InChI=1S/C16H16BrFO2/c1-10-3-4-12(18)9-14(10)16(19)8-11-7-13(20-2)5-6-15(11)17/h3-7,9,16,19H,8H2,1-2H3. The number of aliphatic hydroxyl groups excluding tert-OH is 1. The lowest BCUT2D eigenvalue weighted by molar-refractivity contribution is 0.177. The van der Waals surface area contributed by atoms with Crippen molar-refractivity contribution in [1.82, 2.24) is 0 Å². The molecule has 1 atom stereocenters. The second-order valence-electron chi connectivity index (χ2n) is 4.68. The molecular weight excluding hydrogens is 323 g/mol. The maximum absolute atomic E-state index is 13.3. The highest BCUT2D eigenvalue weighted by atomic mass is 79.9. The molecule has 0 radical (unpaired) electrons. The van der Waals surface area contributed by atoms with E-state index < -0.39 is 6.10 Å². The Balaban J connectivity index is 2.27. The van der Waals surface area contributed by atoms with Gasteiger partial charge in [0.05, 0.1) is 13.2 Å². The third-order valence-corrected chi connectivity index (χ3v) is 4.04. The van der Waals surface area contributed by atoms with E-state index in [1.54, 1.807) is 13.2 Å². The van der Waals surface area contributed by atoms with Gasteiger partial charge < -0.3 is 9.84 Å². The van der Waals surface area contributed by atoms with Crippen molar-refractivity contribution in [1.29, 1.82) is 0 Å². The highest BCUT2D eigenvalue weighted by Gasteiger charge is 2.14. The van der Waals surface area contributed by atoms with Gasteiger partial charge in [-0.15, -0.1) is 0 Å². The number of aliphatic hydroxyl groups is 1. The highest BCUT2D eigenvalue weighted by molar-refractivity contribution is 9.10. The monoisotopic (exact) mass is 338 g/mol. The fourth-order valence-electron chi connectivity index (χ4n) is 2.12. The Morgan fingerprint density at radius 3 is 2.70 bits per heavy atom. The second kappa shape index (κ2) is 6.37. The Kier molecular flexibility index (Phi) is 4.78. The molecule has 0 spiro atoms. The normalized spacial score (nSPS) is 12.2. The van der Waals surface area contributed by atoms with Crippen LogP contribution in [0.25, 0.3) is 0 Å². The molecule has 0 amide bonds. The quantitative estimate of drug-likeness (QED) is 0.905. The van der Waals surface area contributed by atoms with Crippen molar-refractivity contribution in [3.8, 4) is 5.75 Å². The number of methoxy groups -OCH3 is 1. The fraction of sp³-hybridized carbons (Fsp3) is 0.250. The number of hydrogen-bond donors (Lipinski definition) is 1. The Hall–Kier alpha value is -1.39. The van der Waals surface area contributed by atoms with E-state index in [2.05, 4.69) is 15.9 Å². The van der Waals surface area contributed by atoms with Gasteiger partial charge >= 0.3 is 0 Å². The SMILES string of the molecule is COc1ccc(Br)c(CC(O)c2cc(F)ccc2C)c1. The summed E-state index contributed by atoms with van der Waals surface area (Å²) < 4.78 is 19.4. The van der Waals surface area contributed by atoms with Gasteiger partial charge in [0.25, 0.3) is 0 Å². The summed E-state index contributed by atoms with van der Waals surface area (Å²) in [4.78, 5) is 0. The van der Waals surface area contributed by atoms with Crippen molar-refractivity contribution in [3.63, 3.8) is 0 Å². The number of halogens is 2. The summed E-state index contributed by atoms with van der Waals surface area (Å²) >= 11 is 3.45. The van der Waals surface area contributed by atoms with Crippen LogP contribution in [0.15, 0.2) is 40.9 Å². The molecule has 0 aliphatic heterocycles. The molecule has 0 aliphatic carbocycles. The first kappa shape index (κ1) is 15.0. The molecule has 2 aromatic carbocycles. The molecule has 2 nitrogen and oxygen atoms in total. The van der Waals surface area contributed by atoms with Gasteiger partial charge in [0, 0.05) is 10.9 Å². The van der Waals surface area contributed by atoms with E-state index in [4.69, 9.17) is 4.74 Å². The zero-order chi connectivity index (χ0) is 14.7. The topological polar surface area (TPSA) is 29.5 Å². The van der Waals surface area contributed by atoms with Crippen LogP contribution in [0, 0.1) is 12.7 Å². The summed E-state index contributed by atoms with van der Waals surface area (Å²) in [7, 11) is 1.60. The summed E-state index contributed by atoms with van der Waals surface area (Å²) in [5.74, 6) is 0.390. The summed E-state index contributed by atoms with van der Waals surface area (Å²) in [6.07, 6.45) is -0.365. The molecule has 4 heteroatoms. The first-order chi connectivity index (χ1) is 9.51.